The summed E-state index contributed by atoms with van der Waals surface area (Å²) in [5.74, 6) is 1.71. The quantitative estimate of drug-likeness (QED) is 0.388. The highest BCUT2D eigenvalue weighted by atomic mass is 19.4. The molecule has 1 unspecified atom stereocenters. The first-order valence-corrected chi connectivity index (χ1v) is 11.2. The van der Waals surface area contributed by atoms with Gasteiger partial charge in [0, 0.05) is 24.9 Å². The molecule has 7 nitrogen and oxygen atoms in total. The van der Waals surface area contributed by atoms with Gasteiger partial charge in [0.15, 0.2) is 17.4 Å². The zero-order chi connectivity index (χ0) is 24.6. The topological polar surface area (TPSA) is 70.7 Å². The largest absolute Gasteiger partial charge is 0.493 e. The van der Waals surface area contributed by atoms with Gasteiger partial charge in [0.05, 0.1) is 18.4 Å². The van der Waals surface area contributed by atoms with E-state index in [1.165, 1.54) is 12.1 Å². The number of halogens is 3. The Hall–Kier alpha value is -3.95. The highest BCUT2D eigenvalue weighted by molar-refractivity contribution is 5.67. The fraction of sp³-hybridized carbons (Fsp3) is 0.280. The molecule has 3 aromatic heterocycles. The number of hydrogen-bond acceptors (Lipinski definition) is 5. The summed E-state index contributed by atoms with van der Waals surface area (Å²) in [6.45, 7) is 2.51. The van der Waals surface area contributed by atoms with Gasteiger partial charge >= 0.3 is 6.18 Å². The van der Waals surface area contributed by atoms with E-state index in [1.807, 2.05) is 19.2 Å². The van der Waals surface area contributed by atoms with Crippen LogP contribution in [0.5, 0.6) is 5.75 Å². The Morgan fingerprint density at radius 2 is 1.97 bits per heavy atom. The van der Waals surface area contributed by atoms with Crippen LogP contribution in [-0.2, 0) is 12.7 Å². The van der Waals surface area contributed by atoms with Crippen LogP contribution in [-0.4, -0.2) is 36.4 Å². The van der Waals surface area contributed by atoms with Crippen molar-refractivity contribution in [2.24, 2.45) is 0 Å². The number of fused-ring (bicyclic) bond motifs is 1. The molecule has 1 atom stereocenters. The van der Waals surface area contributed by atoms with Gasteiger partial charge < -0.3 is 4.74 Å². The monoisotopic (exact) mass is 480 g/mol. The van der Waals surface area contributed by atoms with Crippen LogP contribution >= 0.6 is 0 Å². The molecular formula is C25H23F3N6O. The third kappa shape index (κ3) is 4.55. The van der Waals surface area contributed by atoms with Crippen LogP contribution < -0.4 is 4.74 Å². The molecule has 0 fully saturated rings. The fourth-order valence-electron chi connectivity index (χ4n) is 4.39. The van der Waals surface area contributed by atoms with Crippen molar-refractivity contribution in [1.29, 1.82) is 0 Å². The lowest BCUT2D eigenvalue weighted by Crippen LogP contribution is -2.21. The zero-order valence-electron chi connectivity index (χ0n) is 19.2. The highest BCUT2D eigenvalue weighted by Gasteiger charge is 2.37. The van der Waals surface area contributed by atoms with Crippen LogP contribution in [0.3, 0.4) is 0 Å². The van der Waals surface area contributed by atoms with Crippen molar-refractivity contribution < 1.29 is 17.9 Å². The predicted octanol–water partition coefficient (Wildman–Crippen LogP) is 5.29. The maximum atomic E-state index is 13.6. The molecule has 0 spiro atoms. The molecule has 180 valence electrons. The van der Waals surface area contributed by atoms with E-state index in [2.05, 4.69) is 20.1 Å². The minimum Gasteiger partial charge on any atom is -0.493 e. The number of nitrogens with zero attached hydrogens (tertiary/aromatic N) is 6. The lowest BCUT2D eigenvalue weighted by molar-refractivity contribution is -0.138. The minimum atomic E-state index is -4.42. The number of alkyl halides is 3. The van der Waals surface area contributed by atoms with Crippen LogP contribution in [0.1, 0.15) is 52.8 Å². The normalized spacial score (nSPS) is 16.0. The Morgan fingerprint density at radius 1 is 1.14 bits per heavy atom. The fourth-order valence-corrected chi connectivity index (χ4v) is 4.39. The maximum Gasteiger partial charge on any atom is 0.416 e. The molecular weight excluding hydrogens is 457 g/mol. The Kier molecular flexibility index (Phi) is 5.88. The molecule has 0 saturated heterocycles. The second-order valence-electron chi connectivity index (χ2n) is 8.38. The van der Waals surface area contributed by atoms with Gasteiger partial charge in [0.2, 0.25) is 0 Å². The van der Waals surface area contributed by atoms with E-state index in [0.29, 0.717) is 36.2 Å². The van der Waals surface area contributed by atoms with Crippen LogP contribution in [0.15, 0.2) is 49.1 Å². The molecule has 1 aromatic carbocycles. The Labute approximate surface area is 199 Å². The molecule has 0 saturated carbocycles. The Balaban J connectivity index is 1.43. The van der Waals surface area contributed by atoms with Crippen molar-refractivity contribution in [3.05, 3.63) is 83.1 Å². The number of methoxy groups -OCH3 is 1. The number of ether oxygens (including phenoxy) is 1. The highest BCUT2D eigenvalue weighted by Crippen LogP contribution is 2.40. The van der Waals surface area contributed by atoms with Crippen molar-refractivity contribution in [2.75, 3.05) is 7.11 Å². The molecule has 0 amide bonds. The lowest BCUT2D eigenvalue weighted by Gasteiger charge is -2.25. The van der Waals surface area contributed by atoms with E-state index in [9.17, 15) is 13.2 Å². The van der Waals surface area contributed by atoms with Gasteiger partial charge in [-0.05, 0) is 55.2 Å². The van der Waals surface area contributed by atoms with Gasteiger partial charge in [0.25, 0.3) is 0 Å². The summed E-state index contributed by atoms with van der Waals surface area (Å²) in [5.41, 5.74) is 1.26. The molecule has 0 radical (unpaired) electrons. The molecule has 5 rings (SSSR count). The zero-order valence-corrected chi connectivity index (χ0v) is 19.2. The van der Waals surface area contributed by atoms with Crippen molar-refractivity contribution in [2.45, 2.75) is 38.4 Å². The standard InChI is InChI=1S/C25H23F3N6O/c1-16-14-33(15-30-16)24-21(35-2)12-17(13-29-24)9-10-22-31-23-19(7-5-11-34(23)32-22)18-6-3-4-8-20(18)25(26,27)28/h3-4,6,8-10,12-15,19H,5,7,11H2,1-2H3/b10-9+. The van der Waals surface area contributed by atoms with Gasteiger partial charge in [-0.25, -0.2) is 19.6 Å². The summed E-state index contributed by atoms with van der Waals surface area (Å²) in [5, 5.41) is 4.52. The van der Waals surface area contributed by atoms with E-state index in [1.54, 1.807) is 47.1 Å². The maximum absolute atomic E-state index is 13.6. The molecule has 0 aliphatic carbocycles. The van der Waals surface area contributed by atoms with Gasteiger partial charge in [-0.3, -0.25) is 4.57 Å². The first kappa shape index (κ1) is 22.8. The first-order valence-electron chi connectivity index (χ1n) is 11.2. The summed E-state index contributed by atoms with van der Waals surface area (Å²) in [6, 6.07) is 7.55. The molecule has 0 bridgehead atoms. The van der Waals surface area contributed by atoms with Crippen LogP contribution in [0.25, 0.3) is 18.0 Å². The van der Waals surface area contributed by atoms with Crippen molar-refractivity contribution in [3.8, 4) is 11.6 Å². The SMILES string of the molecule is COc1cc(/C=C/c2nc3n(n2)CCCC3c2ccccc2C(F)(F)F)cnc1-n1cnc(C)c1. The third-order valence-electron chi connectivity index (χ3n) is 5.99. The van der Waals surface area contributed by atoms with Crippen LogP contribution in [0.4, 0.5) is 13.2 Å². The number of rotatable bonds is 5. The van der Waals surface area contributed by atoms with E-state index in [4.69, 9.17) is 4.74 Å². The number of hydrogen-bond donors (Lipinski definition) is 0. The second-order valence-corrected chi connectivity index (χ2v) is 8.38. The minimum absolute atomic E-state index is 0.239. The van der Waals surface area contributed by atoms with Crippen molar-refractivity contribution in [3.63, 3.8) is 0 Å². The summed E-state index contributed by atoms with van der Waals surface area (Å²) in [4.78, 5) is 13.3. The summed E-state index contributed by atoms with van der Waals surface area (Å²) < 4.78 is 49.8. The Morgan fingerprint density at radius 3 is 2.71 bits per heavy atom. The third-order valence-corrected chi connectivity index (χ3v) is 5.99. The number of benzene rings is 1. The van der Waals surface area contributed by atoms with Gasteiger partial charge in [-0.2, -0.15) is 18.3 Å². The van der Waals surface area contributed by atoms with Crippen molar-refractivity contribution >= 4 is 12.2 Å². The molecule has 4 heterocycles. The average molecular weight is 480 g/mol. The molecule has 1 aliphatic rings. The summed E-state index contributed by atoms with van der Waals surface area (Å²) in [7, 11) is 1.57. The van der Waals surface area contributed by atoms with Gasteiger partial charge in [-0.15, -0.1) is 0 Å². The van der Waals surface area contributed by atoms with Crippen molar-refractivity contribution in [1.82, 2.24) is 29.3 Å². The van der Waals surface area contributed by atoms with E-state index >= 15 is 0 Å². The van der Waals surface area contributed by atoms with Gasteiger partial charge in [0.1, 0.15) is 12.2 Å². The smallest absolute Gasteiger partial charge is 0.416 e. The summed E-state index contributed by atoms with van der Waals surface area (Å²) in [6.07, 6.45) is 5.65. The average Bonchev–Trinajstić information content (AvgIpc) is 3.47. The number of imidazole rings is 1. The van der Waals surface area contributed by atoms with Crippen LogP contribution in [0, 0.1) is 6.92 Å². The second kappa shape index (κ2) is 9.01. The number of pyridine rings is 1. The van der Waals surface area contributed by atoms with E-state index < -0.39 is 17.7 Å². The van der Waals surface area contributed by atoms with Gasteiger partial charge in [-0.1, -0.05) is 18.2 Å². The molecule has 0 N–H and O–H groups in total. The lowest BCUT2D eigenvalue weighted by atomic mass is 9.88. The first-order chi connectivity index (χ1) is 16.8. The molecule has 10 heteroatoms. The van der Waals surface area contributed by atoms with Crippen LogP contribution in [0.2, 0.25) is 0 Å². The molecule has 35 heavy (non-hydrogen) atoms. The summed E-state index contributed by atoms with van der Waals surface area (Å²) >= 11 is 0. The number of aromatic nitrogens is 6. The molecule has 4 aromatic rings. The Bertz CT molecular complexity index is 1390. The predicted molar refractivity (Wildman–Crippen MR) is 124 cm³/mol. The molecule has 1 aliphatic heterocycles. The van der Waals surface area contributed by atoms with E-state index in [0.717, 1.165) is 23.7 Å². The number of aryl methyl sites for hydroxylation is 2. The van der Waals surface area contributed by atoms with E-state index in [-0.39, 0.29) is 5.56 Å².